The fourth-order valence-corrected chi connectivity index (χ4v) is 2.74. The Balaban J connectivity index is 2.16. The van der Waals surface area contributed by atoms with Crippen LogP contribution in [-0.2, 0) is 4.79 Å². The fourth-order valence-electron chi connectivity index (χ4n) is 0.644. The molecule has 0 saturated carbocycles. The lowest BCUT2D eigenvalue weighted by Crippen LogP contribution is -1.94. The molecule has 1 N–H and O–H groups in total. The first-order chi connectivity index (χ1) is 6.18. The molecule has 1 aromatic rings. The molecule has 0 radical (unpaired) electrons. The zero-order valence-corrected chi connectivity index (χ0v) is 9.16. The van der Waals surface area contributed by atoms with Crippen LogP contribution < -0.4 is 0 Å². The van der Waals surface area contributed by atoms with E-state index in [-0.39, 0.29) is 6.42 Å². The number of aromatic nitrogens is 2. The van der Waals surface area contributed by atoms with Crippen molar-refractivity contribution in [2.24, 2.45) is 0 Å². The Morgan fingerprint density at radius 3 is 2.92 bits per heavy atom. The summed E-state index contributed by atoms with van der Waals surface area (Å²) in [5.41, 5.74) is 0. The molecule has 0 aromatic carbocycles. The Morgan fingerprint density at radius 1 is 1.62 bits per heavy atom. The molecule has 1 heterocycles. The summed E-state index contributed by atoms with van der Waals surface area (Å²) in [5.74, 6) is 0.00193. The van der Waals surface area contributed by atoms with E-state index in [1.165, 1.54) is 23.1 Å². The van der Waals surface area contributed by atoms with Gasteiger partial charge in [-0.25, -0.2) is 0 Å². The van der Waals surface area contributed by atoms with Crippen LogP contribution >= 0.6 is 35.7 Å². The summed E-state index contributed by atoms with van der Waals surface area (Å²) < 4.78 is 1.48. The maximum atomic E-state index is 10.2. The van der Waals surface area contributed by atoms with Crippen molar-refractivity contribution in [3.05, 3.63) is 0 Å². The quantitative estimate of drug-likeness (QED) is 0.463. The average Bonchev–Trinajstić information content (AvgIpc) is 2.45. The van der Waals surface area contributed by atoms with E-state index in [2.05, 4.69) is 22.8 Å². The van der Waals surface area contributed by atoms with Crippen LogP contribution in [-0.4, -0.2) is 27.0 Å². The van der Waals surface area contributed by atoms with Crippen LogP contribution in [0.2, 0.25) is 0 Å². The van der Waals surface area contributed by atoms with Gasteiger partial charge in [-0.2, -0.15) is 0 Å². The number of carboxylic acids is 1. The van der Waals surface area contributed by atoms with Gasteiger partial charge in [-0.1, -0.05) is 23.1 Å². The van der Waals surface area contributed by atoms with E-state index in [1.807, 2.05) is 0 Å². The van der Waals surface area contributed by atoms with Gasteiger partial charge in [0.2, 0.25) is 0 Å². The smallest absolute Gasteiger partial charge is 0.303 e. The highest BCUT2D eigenvalue weighted by Crippen LogP contribution is 2.24. The van der Waals surface area contributed by atoms with E-state index in [0.29, 0.717) is 10.8 Å². The second-order valence-electron chi connectivity index (χ2n) is 2.20. The molecular formula is C6H8N2O2S3. The number of thioether (sulfide) groups is 1. The molecule has 0 unspecified atom stereocenters. The van der Waals surface area contributed by atoms with Crippen LogP contribution in [0.25, 0.3) is 0 Å². The summed E-state index contributed by atoms with van der Waals surface area (Å²) in [5, 5.41) is 15.9. The van der Waals surface area contributed by atoms with Crippen molar-refractivity contribution < 1.29 is 9.90 Å². The lowest BCUT2D eigenvalue weighted by molar-refractivity contribution is -0.137. The van der Waals surface area contributed by atoms with Gasteiger partial charge in [0.1, 0.15) is 0 Å². The van der Waals surface area contributed by atoms with Crippen LogP contribution in [0.4, 0.5) is 0 Å². The predicted molar refractivity (Wildman–Crippen MR) is 54.8 cm³/mol. The van der Waals surface area contributed by atoms with Crippen molar-refractivity contribution in [3.8, 4) is 0 Å². The predicted octanol–water partition coefficient (Wildman–Crippen LogP) is 1.78. The first kappa shape index (κ1) is 10.8. The molecule has 7 heteroatoms. The lowest BCUT2D eigenvalue weighted by atomic mass is 10.3. The summed E-state index contributed by atoms with van der Waals surface area (Å²) in [7, 11) is 0. The Hall–Kier alpha value is -0.270. The van der Waals surface area contributed by atoms with E-state index in [4.69, 9.17) is 5.11 Å². The number of hydrogen-bond donors (Lipinski definition) is 2. The van der Waals surface area contributed by atoms with Gasteiger partial charge in [-0.15, -0.1) is 22.8 Å². The minimum absolute atomic E-state index is 0.208. The zero-order valence-electron chi connectivity index (χ0n) is 6.63. The number of hydrogen-bond acceptors (Lipinski definition) is 6. The minimum atomic E-state index is -0.757. The summed E-state index contributed by atoms with van der Waals surface area (Å²) in [6, 6.07) is 0. The Morgan fingerprint density at radius 2 is 2.38 bits per heavy atom. The normalized spacial score (nSPS) is 10.2. The summed E-state index contributed by atoms with van der Waals surface area (Å²) in [4.78, 5) is 10.2. The zero-order chi connectivity index (χ0) is 9.68. The average molecular weight is 236 g/mol. The number of carboxylic acid groups (broad SMARTS) is 1. The minimum Gasteiger partial charge on any atom is -0.481 e. The highest BCUT2D eigenvalue weighted by Gasteiger charge is 2.02. The second kappa shape index (κ2) is 5.46. The molecule has 0 saturated heterocycles. The van der Waals surface area contributed by atoms with Crippen molar-refractivity contribution >= 4 is 41.7 Å². The Kier molecular flexibility index (Phi) is 4.54. The third-order valence-corrected chi connectivity index (χ3v) is 3.47. The van der Waals surface area contributed by atoms with Gasteiger partial charge in [0.25, 0.3) is 0 Å². The number of carbonyl (C=O) groups is 1. The molecule has 0 atom stereocenters. The molecule has 0 aliphatic heterocycles. The molecule has 1 aromatic heterocycles. The number of nitrogens with zero attached hydrogens (tertiary/aromatic N) is 2. The van der Waals surface area contributed by atoms with Crippen molar-refractivity contribution in [3.63, 3.8) is 0 Å². The summed E-state index contributed by atoms with van der Waals surface area (Å²) in [6.45, 7) is 0. The van der Waals surface area contributed by atoms with Crippen LogP contribution in [0, 0.1) is 0 Å². The number of thiol groups is 1. The van der Waals surface area contributed by atoms with E-state index < -0.39 is 5.97 Å². The lowest BCUT2D eigenvalue weighted by Gasteiger charge is -1.93. The van der Waals surface area contributed by atoms with Crippen LogP contribution in [0.3, 0.4) is 0 Å². The van der Waals surface area contributed by atoms with Crippen LogP contribution in [0.5, 0.6) is 0 Å². The molecule has 0 bridgehead atoms. The van der Waals surface area contributed by atoms with E-state index in [1.54, 1.807) is 0 Å². The second-order valence-corrected chi connectivity index (χ2v) is 5.24. The first-order valence-corrected chi connectivity index (χ1v) is 5.80. The van der Waals surface area contributed by atoms with Gasteiger partial charge in [0, 0.05) is 12.2 Å². The van der Waals surface area contributed by atoms with Gasteiger partial charge in [0.15, 0.2) is 8.68 Å². The number of rotatable bonds is 5. The van der Waals surface area contributed by atoms with Gasteiger partial charge >= 0.3 is 5.97 Å². The molecule has 1 rings (SSSR count). The fraction of sp³-hybridized carbons (Fsp3) is 0.500. The molecular weight excluding hydrogens is 228 g/mol. The van der Waals surface area contributed by atoms with Crippen LogP contribution in [0.1, 0.15) is 12.8 Å². The first-order valence-electron chi connectivity index (χ1n) is 3.55. The van der Waals surface area contributed by atoms with Crippen molar-refractivity contribution in [1.82, 2.24) is 10.2 Å². The summed E-state index contributed by atoms with van der Waals surface area (Å²) >= 11 is 6.94. The van der Waals surface area contributed by atoms with Gasteiger partial charge < -0.3 is 5.11 Å². The third kappa shape index (κ3) is 4.49. The van der Waals surface area contributed by atoms with E-state index in [0.717, 1.165) is 10.1 Å². The molecule has 13 heavy (non-hydrogen) atoms. The monoisotopic (exact) mass is 236 g/mol. The molecule has 0 spiro atoms. The van der Waals surface area contributed by atoms with E-state index >= 15 is 0 Å². The van der Waals surface area contributed by atoms with Crippen molar-refractivity contribution in [2.75, 3.05) is 5.75 Å². The van der Waals surface area contributed by atoms with Gasteiger partial charge in [-0.05, 0) is 6.42 Å². The van der Waals surface area contributed by atoms with Crippen molar-refractivity contribution in [2.45, 2.75) is 21.5 Å². The van der Waals surface area contributed by atoms with Gasteiger partial charge in [0.05, 0.1) is 0 Å². The van der Waals surface area contributed by atoms with Gasteiger partial charge in [-0.3, -0.25) is 4.79 Å². The maximum Gasteiger partial charge on any atom is 0.303 e. The van der Waals surface area contributed by atoms with Crippen molar-refractivity contribution in [1.29, 1.82) is 0 Å². The molecule has 0 amide bonds. The molecule has 0 fully saturated rings. The molecule has 4 nitrogen and oxygen atoms in total. The molecule has 0 aliphatic carbocycles. The highest BCUT2D eigenvalue weighted by atomic mass is 32.2. The largest absolute Gasteiger partial charge is 0.481 e. The molecule has 0 aliphatic rings. The molecule has 72 valence electrons. The number of aliphatic carboxylic acids is 1. The SMILES string of the molecule is O=C(O)CCCSc1nnc(S)s1. The Labute approximate surface area is 89.2 Å². The standard InChI is InChI=1S/C6H8N2O2S3/c9-4(10)2-1-3-12-6-8-7-5(11)13-6/h1-3H2,(H,7,11)(H,9,10). The van der Waals surface area contributed by atoms with Crippen LogP contribution in [0.15, 0.2) is 8.68 Å². The summed E-state index contributed by atoms with van der Waals surface area (Å²) in [6.07, 6.45) is 0.862. The van der Waals surface area contributed by atoms with E-state index in [9.17, 15) is 4.79 Å². The third-order valence-electron chi connectivity index (χ3n) is 1.16. The maximum absolute atomic E-state index is 10.2. The Bertz CT molecular complexity index is 289. The highest BCUT2D eigenvalue weighted by molar-refractivity contribution is 8.01. The topological polar surface area (TPSA) is 63.1 Å².